The Labute approximate surface area is 143 Å². The maximum Gasteiger partial charge on any atom is 0.409 e. The number of hydrogen-bond acceptors (Lipinski definition) is 6. The lowest BCUT2D eigenvalue weighted by Crippen LogP contribution is -2.51. The molecule has 1 saturated heterocycles. The molecule has 0 bridgehead atoms. The first kappa shape index (κ1) is 20.7. The van der Waals surface area contributed by atoms with Gasteiger partial charge in [-0.05, 0) is 6.92 Å². The first-order valence-electron chi connectivity index (χ1n) is 7.93. The summed E-state index contributed by atoms with van der Waals surface area (Å²) in [7, 11) is -1.88. The molecule has 0 atom stereocenters. The molecule has 0 aromatic heterocycles. The minimum absolute atomic E-state index is 0.107. The molecule has 1 fully saturated rings. The van der Waals surface area contributed by atoms with E-state index >= 15 is 0 Å². The SMILES string of the molecule is CCOC(=O)N1CCN(C(=O)CCN(CCOC)S(C)(=O)=O)CC1. The summed E-state index contributed by atoms with van der Waals surface area (Å²) in [4.78, 5) is 27.1. The van der Waals surface area contributed by atoms with Gasteiger partial charge in [0.05, 0.1) is 19.5 Å². The predicted molar refractivity (Wildman–Crippen MR) is 88.1 cm³/mol. The molecule has 1 heterocycles. The molecule has 0 radical (unpaired) electrons. The van der Waals surface area contributed by atoms with E-state index < -0.39 is 10.0 Å². The molecule has 140 valence electrons. The first-order valence-corrected chi connectivity index (χ1v) is 9.78. The van der Waals surface area contributed by atoms with Gasteiger partial charge in [0.1, 0.15) is 0 Å². The van der Waals surface area contributed by atoms with E-state index in [2.05, 4.69) is 0 Å². The Hall–Kier alpha value is -1.39. The average Bonchev–Trinajstić information content (AvgIpc) is 2.53. The molecular formula is C14H27N3O6S. The Kier molecular flexibility index (Phi) is 8.43. The van der Waals surface area contributed by atoms with E-state index in [0.29, 0.717) is 32.8 Å². The van der Waals surface area contributed by atoms with Crippen molar-refractivity contribution in [1.82, 2.24) is 14.1 Å². The molecule has 1 aliphatic heterocycles. The minimum Gasteiger partial charge on any atom is -0.450 e. The fraction of sp³-hybridized carbons (Fsp3) is 0.857. The average molecular weight is 365 g/mol. The first-order chi connectivity index (χ1) is 11.3. The van der Waals surface area contributed by atoms with Gasteiger partial charge in [0.15, 0.2) is 0 Å². The largest absolute Gasteiger partial charge is 0.450 e. The fourth-order valence-corrected chi connectivity index (χ4v) is 3.20. The van der Waals surface area contributed by atoms with Crippen molar-refractivity contribution in [2.75, 3.05) is 65.8 Å². The lowest BCUT2D eigenvalue weighted by atomic mass is 10.3. The van der Waals surface area contributed by atoms with Gasteiger partial charge in [-0.15, -0.1) is 0 Å². The van der Waals surface area contributed by atoms with E-state index in [1.54, 1.807) is 16.7 Å². The summed E-state index contributed by atoms with van der Waals surface area (Å²) in [5, 5.41) is 0. The number of sulfonamides is 1. The van der Waals surface area contributed by atoms with Crippen LogP contribution < -0.4 is 0 Å². The third-order valence-electron chi connectivity index (χ3n) is 3.75. The number of methoxy groups -OCH3 is 1. The van der Waals surface area contributed by atoms with E-state index in [9.17, 15) is 18.0 Å². The third-order valence-corrected chi connectivity index (χ3v) is 5.05. The van der Waals surface area contributed by atoms with Crippen LogP contribution in [0, 0.1) is 0 Å². The minimum atomic E-state index is -3.38. The van der Waals surface area contributed by atoms with Crippen LogP contribution in [0.1, 0.15) is 13.3 Å². The highest BCUT2D eigenvalue weighted by Crippen LogP contribution is 2.07. The molecule has 0 saturated carbocycles. The van der Waals surface area contributed by atoms with Crippen molar-refractivity contribution in [3.8, 4) is 0 Å². The number of rotatable bonds is 8. The van der Waals surface area contributed by atoms with Crippen molar-refractivity contribution in [3.05, 3.63) is 0 Å². The Morgan fingerprint density at radius 3 is 2.17 bits per heavy atom. The zero-order valence-electron chi connectivity index (χ0n) is 14.6. The monoisotopic (exact) mass is 365 g/mol. The summed E-state index contributed by atoms with van der Waals surface area (Å²) in [6, 6.07) is 0. The number of ether oxygens (including phenoxy) is 2. The molecule has 0 aromatic rings. The number of carbonyl (C=O) groups excluding carboxylic acids is 2. The summed E-state index contributed by atoms with van der Waals surface area (Å²) in [6.07, 6.45) is 0.856. The Balaban J connectivity index is 2.44. The van der Waals surface area contributed by atoms with E-state index in [1.807, 2.05) is 0 Å². The van der Waals surface area contributed by atoms with Gasteiger partial charge in [-0.25, -0.2) is 13.2 Å². The Bertz CT molecular complexity index is 517. The van der Waals surface area contributed by atoms with Crippen LogP contribution in [0.15, 0.2) is 0 Å². The van der Waals surface area contributed by atoms with Gasteiger partial charge in [-0.2, -0.15) is 4.31 Å². The van der Waals surface area contributed by atoms with Crippen molar-refractivity contribution in [2.24, 2.45) is 0 Å². The molecular weight excluding hydrogens is 338 g/mol. The number of nitrogens with zero attached hydrogens (tertiary/aromatic N) is 3. The van der Waals surface area contributed by atoms with Crippen molar-refractivity contribution < 1.29 is 27.5 Å². The normalized spacial score (nSPS) is 15.7. The number of hydrogen-bond donors (Lipinski definition) is 0. The van der Waals surface area contributed by atoms with Crippen molar-refractivity contribution in [2.45, 2.75) is 13.3 Å². The van der Waals surface area contributed by atoms with E-state index in [1.165, 1.54) is 11.4 Å². The van der Waals surface area contributed by atoms with Crippen molar-refractivity contribution in [3.63, 3.8) is 0 Å². The van der Waals surface area contributed by atoms with Crippen LogP contribution in [0.25, 0.3) is 0 Å². The van der Waals surface area contributed by atoms with Gasteiger partial charge in [-0.3, -0.25) is 4.79 Å². The van der Waals surface area contributed by atoms with Crippen molar-refractivity contribution in [1.29, 1.82) is 0 Å². The van der Waals surface area contributed by atoms with Gasteiger partial charge < -0.3 is 19.3 Å². The summed E-state index contributed by atoms with van der Waals surface area (Å²) in [5.41, 5.74) is 0. The smallest absolute Gasteiger partial charge is 0.409 e. The summed E-state index contributed by atoms with van der Waals surface area (Å²) >= 11 is 0. The molecule has 2 amide bonds. The molecule has 0 aromatic carbocycles. The summed E-state index contributed by atoms with van der Waals surface area (Å²) < 4.78 is 34.4. The maximum absolute atomic E-state index is 12.2. The van der Waals surface area contributed by atoms with Crippen LogP contribution in [0.4, 0.5) is 4.79 Å². The van der Waals surface area contributed by atoms with Crippen LogP contribution >= 0.6 is 0 Å². The van der Waals surface area contributed by atoms with Gasteiger partial charge in [0, 0.05) is 52.8 Å². The fourth-order valence-electron chi connectivity index (χ4n) is 2.37. The number of piperazine rings is 1. The topological polar surface area (TPSA) is 96.5 Å². The quantitative estimate of drug-likeness (QED) is 0.580. The maximum atomic E-state index is 12.2. The van der Waals surface area contributed by atoms with Gasteiger partial charge in [0.2, 0.25) is 15.9 Å². The Morgan fingerprint density at radius 2 is 1.67 bits per heavy atom. The van der Waals surface area contributed by atoms with E-state index in [-0.39, 0.29) is 38.1 Å². The van der Waals surface area contributed by atoms with Crippen LogP contribution in [-0.2, 0) is 24.3 Å². The van der Waals surface area contributed by atoms with Crippen LogP contribution in [-0.4, -0.2) is 100 Å². The second-order valence-corrected chi connectivity index (χ2v) is 7.45. The van der Waals surface area contributed by atoms with Crippen LogP contribution in [0.3, 0.4) is 0 Å². The predicted octanol–water partition coefficient (Wildman–Crippen LogP) is -0.415. The zero-order valence-corrected chi connectivity index (χ0v) is 15.4. The highest BCUT2D eigenvalue weighted by atomic mass is 32.2. The Morgan fingerprint density at radius 1 is 1.08 bits per heavy atom. The molecule has 9 nitrogen and oxygen atoms in total. The molecule has 0 unspecified atom stereocenters. The molecule has 24 heavy (non-hydrogen) atoms. The van der Waals surface area contributed by atoms with Crippen molar-refractivity contribution >= 4 is 22.0 Å². The molecule has 0 aliphatic carbocycles. The lowest BCUT2D eigenvalue weighted by Gasteiger charge is -2.34. The number of carbonyl (C=O) groups is 2. The summed E-state index contributed by atoms with van der Waals surface area (Å²) in [5.74, 6) is -0.121. The molecule has 1 aliphatic rings. The number of amides is 2. The van der Waals surface area contributed by atoms with Gasteiger partial charge in [0.25, 0.3) is 0 Å². The molecule has 10 heteroatoms. The third kappa shape index (κ3) is 6.62. The standard InChI is InChI=1S/C14H27N3O6S/c1-4-23-14(19)16-9-7-15(8-10-16)13(18)5-6-17(11-12-22-2)24(3,20)21/h4-12H2,1-3H3. The highest BCUT2D eigenvalue weighted by molar-refractivity contribution is 7.88. The lowest BCUT2D eigenvalue weighted by molar-refractivity contribution is -0.132. The van der Waals surface area contributed by atoms with E-state index in [0.717, 1.165) is 6.26 Å². The van der Waals surface area contributed by atoms with Gasteiger partial charge in [-0.1, -0.05) is 0 Å². The second kappa shape index (κ2) is 9.80. The second-order valence-electron chi connectivity index (χ2n) is 5.47. The molecule has 1 rings (SSSR count). The highest BCUT2D eigenvalue weighted by Gasteiger charge is 2.25. The molecule has 0 spiro atoms. The molecule has 0 N–H and O–H groups in total. The van der Waals surface area contributed by atoms with Gasteiger partial charge >= 0.3 is 6.09 Å². The zero-order chi connectivity index (χ0) is 18.2. The van der Waals surface area contributed by atoms with Crippen LogP contribution in [0.5, 0.6) is 0 Å². The van der Waals surface area contributed by atoms with Crippen LogP contribution in [0.2, 0.25) is 0 Å². The summed E-state index contributed by atoms with van der Waals surface area (Å²) in [6.45, 7) is 4.38. The van der Waals surface area contributed by atoms with E-state index in [4.69, 9.17) is 9.47 Å².